The Morgan fingerprint density at radius 3 is 1.63 bits per heavy atom. The fourth-order valence-corrected chi connectivity index (χ4v) is 6.92. The van der Waals surface area contributed by atoms with Gasteiger partial charge in [0.25, 0.3) is 17.7 Å². The number of hydrogen-bond acceptors (Lipinski definition) is 6. The number of carbonyl (C=O) groups is 5. The average molecular weight is 782 g/mol. The fraction of sp³-hybridized carbons (Fsp3) is 0.500. The normalized spacial score (nSPS) is 19.5. The highest BCUT2D eigenvalue weighted by Crippen LogP contribution is 2.27. The first-order chi connectivity index (χ1) is 26.6. The third-order valence-electron chi connectivity index (χ3n) is 10.6. The van der Waals surface area contributed by atoms with Crippen LogP contribution in [0, 0.1) is 0 Å². The van der Waals surface area contributed by atoms with E-state index in [4.69, 9.17) is 5.73 Å². The lowest BCUT2D eigenvalue weighted by Crippen LogP contribution is -2.43. The number of likely N-dealkylation sites (tertiary alicyclic amines) is 2. The van der Waals surface area contributed by atoms with Crippen molar-refractivity contribution in [3.63, 3.8) is 0 Å². The maximum Gasteiger partial charge on any atom is 0.254 e. The molecule has 3 aliphatic heterocycles. The SMILES string of the molecule is CC(C)(C)c1cccc(C(=O)N2CCC(O)C2)c1.CC(C)(C)c1cccc(C(=O)N2CCCC2C(N)=O)c1.CC(C)(C)c1cccc(C(=O)NC2CCNC2=O)c1. The Morgan fingerprint density at radius 1 is 0.702 bits per heavy atom. The number of nitrogens with two attached hydrogens (primary N) is 1. The van der Waals surface area contributed by atoms with E-state index in [2.05, 4.69) is 79.0 Å². The number of benzene rings is 3. The Morgan fingerprint density at radius 2 is 1.19 bits per heavy atom. The van der Waals surface area contributed by atoms with Gasteiger partial charge in [-0.15, -0.1) is 0 Å². The fourth-order valence-electron chi connectivity index (χ4n) is 6.92. The molecule has 0 spiro atoms. The molecule has 0 bridgehead atoms. The smallest absolute Gasteiger partial charge is 0.254 e. The molecular weight excluding hydrogens is 719 g/mol. The van der Waals surface area contributed by atoms with Gasteiger partial charge in [-0.05, 0) is 95.0 Å². The zero-order valence-electron chi connectivity index (χ0n) is 35.3. The minimum absolute atomic E-state index is 0.00102. The summed E-state index contributed by atoms with van der Waals surface area (Å²) in [6, 6.07) is 22.1. The van der Waals surface area contributed by atoms with Gasteiger partial charge in [0.2, 0.25) is 11.8 Å². The first-order valence-electron chi connectivity index (χ1n) is 20.0. The van der Waals surface area contributed by atoms with E-state index in [-0.39, 0.29) is 46.0 Å². The van der Waals surface area contributed by atoms with Crippen LogP contribution in [-0.4, -0.2) is 88.8 Å². The van der Waals surface area contributed by atoms with Crippen LogP contribution in [0.4, 0.5) is 0 Å². The van der Waals surface area contributed by atoms with Crippen molar-refractivity contribution in [3.8, 4) is 0 Å². The molecule has 3 aliphatic rings. The van der Waals surface area contributed by atoms with Crippen molar-refractivity contribution in [1.29, 1.82) is 0 Å². The maximum absolute atomic E-state index is 12.6. The summed E-state index contributed by atoms with van der Waals surface area (Å²) >= 11 is 0. The van der Waals surface area contributed by atoms with E-state index in [9.17, 15) is 29.1 Å². The third kappa shape index (κ3) is 12.2. The Hall–Kier alpha value is -5.03. The van der Waals surface area contributed by atoms with Crippen LogP contribution in [0.1, 0.15) is 136 Å². The van der Waals surface area contributed by atoms with Gasteiger partial charge in [0.05, 0.1) is 6.10 Å². The van der Waals surface area contributed by atoms with E-state index in [1.165, 1.54) is 0 Å². The topological polar surface area (TPSA) is 162 Å². The molecule has 0 aromatic heterocycles. The molecule has 3 aromatic rings. The molecule has 3 fully saturated rings. The van der Waals surface area contributed by atoms with E-state index in [0.717, 1.165) is 28.7 Å². The predicted octanol–water partition coefficient (Wildman–Crippen LogP) is 5.87. The van der Waals surface area contributed by atoms with E-state index < -0.39 is 18.0 Å². The Kier molecular flexibility index (Phi) is 14.5. The number of nitrogens with zero attached hydrogens (tertiary/aromatic N) is 2. The second-order valence-corrected chi connectivity index (χ2v) is 18.4. The van der Waals surface area contributed by atoms with Gasteiger partial charge in [-0.3, -0.25) is 24.0 Å². The van der Waals surface area contributed by atoms with Crippen LogP contribution in [0.15, 0.2) is 72.8 Å². The lowest BCUT2D eigenvalue weighted by molar-refractivity contribution is -0.122. The first-order valence-corrected chi connectivity index (χ1v) is 20.0. The third-order valence-corrected chi connectivity index (χ3v) is 10.6. The molecule has 0 aliphatic carbocycles. The minimum Gasteiger partial charge on any atom is -0.391 e. The first kappa shape index (κ1) is 44.7. The van der Waals surface area contributed by atoms with E-state index in [1.807, 2.05) is 54.6 Å². The quantitative estimate of drug-likeness (QED) is 0.253. The summed E-state index contributed by atoms with van der Waals surface area (Å²) in [4.78, 5) is 63.2. The number of hydrogen-bond donors (Lipinski definition) is 4. The largest absolute Gasteiger partial charge is 0.391 e. The van der Waals surface area contributed by atoms with Gasteiger partial charge in [0, 0.05) is 42.9 Å². The number of carbonyl (C=O) groups excluding carboxylic acids is 5. The standard InChI is InChI=1S/C16H22N2O2.C15H20N2O2.C15H21NO2/c1-16(2,3)12-7-4-6-11(10-12)15(20)18-9-5-8-13(18)14(17)19;1-15(2,3)11-6-4-5-10(9-11)13(18)17-12-7-8-16-14(12)19;1-15(2,3)12-6-4-5-11(9-12)14(18)16-8-7-13(17)10-16/h4,6-7,10,13H,5,8-9H2,1-3H3,(H2,17,19);4-6,9,12H,7-8H2,1-3H3,(H,16,19)(H,17,18);4-6,9,13,17H,7-8,10H2,1-3H3. The van der Waals surface area contributed by atoms with Crippen LogP contribution in [0.2, 0.25) is 0 Å². The molecular formula is C46H63N5O6. The van der Waals surface area contributed by atoms with Crippen molar-refractivity contribution >= 4 is 29.5 Å². The number of rotatable bonds is 5. The van der Waals surface area contributed by atoms with Gasteiger partial charge in [-0.2, -0.15) is 0 Å². The number of aliphatic hydroxyl groups excluding tert-OH is 1. The van der Waals surface area contributed by atoms with Crippen molar-refractivity contribution in [2.24, 2.45) is 5.73 Å². The van der Waals surface area contributed by atoms with Gasteiger partial charge >= 0.3 is 0 Å². The van der Waals surface area contributed by atoms with Crippen molar-refractivity contribution in [2.75, 3.05) is 26.2 Å². The molecule has 11 heteroatoms. The molecule has 57 heavy (non-hydrogen) atoms. The van der Waals surface area contributed by atoms with Crippen molar-refractivity contribution in [2.45, 2.75) is 122 Å². The van der Waals surface area contributed by atoms with E-state index >= 15 is 0 Å². The molecule has 0 saturated carbocycles. The summed E-state index contributed by atoms with van der Waals surface area (Å²) in [7, 11) is 0. The molecule has 5 amide bonds. The van der Waals surface area contributed by atoms with Crippen LogP contribution < -0.4 is 16.4 Å². The van der Waals surface area contributed by atoms with Crippen LogP contribution in [-0.2, 0) is 25.8 Å². The Bertz CT molecular complexity index is 1920. The van der Waals surface area contributed by atoms with Crippen LogP contribution in [0.5, 0.6) is 0 Å². The van der Waals surface area contributed by atoms with Crippen molar-refractivity contribution in [1.82, 2.24) is 20.4 Å². The predicted molar refractivity (Wildman–Crippen MR) is 224 cm³/mol. The monoisotopic (exact) mass is 781 g/mol. The van der Waals surface area contributed by atoms with Crippen LogP contribution in [0.25, 0.3) is 0 Å². The Labute approximate surface area is 338 Å². The van der Waals surface area contributed by atoms with Crippen LogP contribution >= 0.6 is 0 Å². The summed E-state index contributed by atoms with van der Waals surface area (Å²) in [5.41, 5.74) is 10.7. The van der Waals surface area contributed by atoms with E-state index in [1.54, 1.807) is 21.9 Å². The molecule has 5 N–H and O–H groups in total. The number of β-amino-alcohol motifs (C(OH)–C–C–N with tert-alkyl or cyclic N) is 1. The lowest BCUT2D eigenvalue weighted by atomic mass is 9.86. The van der Waals surface area contributed by atoms with Gasteiger partial charge < -0.3 is 31.3 Å². The van der Waals surface area contributed by atoms with Crippen molar-refractivity contribution < 1.29 is 29.1 Å². The summed E-state index contributed by atoms with van der Waals surface area (Å²) in [6.45, 7) is 21.4. The van der Waals surface area contributed by atoms with Gasteiger partial charge in [0.15, 0.2) is 0 Å². The second-order valence-electron chi connectivity index (χ2n) is 18.4. The second kappa shape index (κ2) is 18.5. The molecule has 3 atom stereocenters. The maximum atomic E-state index is 12.6. The van der Waals surface area contributed by atoms with Crippen LogP contribution in [0.3, 0.4) is 0 Å². The molecule has 308 valence electrons. The summed E-state index contributed by atoms with van der Waals surface area (Å²) < 4.78 is 0. The molecule has 3 heterocycles. The molecule has 3 unspecified atom stereocenters. The summed E-state index contributed by atoms with van der Waals surface area (Å²) in [5.74, 6) is -0.772. The number of aliphatic hydroxyl groups is 1. The highest BCUT2D eigenvalue weighted by atomic mass is 16.3. The van der Waals surface area contributed by atoms with Gasteiger partial charge in [-0.1, -0.05) is 98.7 Å². The molecule has 0 radical (unpaired) electrons. The number of primary amides is 1. The molecule has 6 rings (SSSR count). The summed E-state index contributed by atoms with van der Waals surface area (Å²) in [5, 5.41) is 15.0. The van der Waals surface area contributed by atoms with E-state index in [0.29, 0.717) is 56.6 Å². The highest BCUT2D eigenvalue weighted by Gasteiger charge is 2.33. The Balaban J connectivity index is 0.000000190. The zero-order valence-corrected chi connectivity index (χ0v) is 35.3. The minimum atomic E-state index is -0.458. The lowest BCUT2D eigenvalue weighted by Gasteiger charge is -2.24. The molecule has 3 aromatic carbocycles. The number of amides is 5. The van der Waals surface area contributed by atoms with Gasteiger partial charge in [0.1, 0.15) is 12.1 Å². The average Bonchev–Trinajstić information content (AvgIpc) is 3.92. The highest BCUT2D eigenvalue weighted by molar-refractivity contribution is 5.99. The number of nitrogens with one attached hydrogen (secondary N) is 2. The van der Waals surface area contributed by atoms with Crippen molar-refractivity contribution in [3.05, 3.63) is 106 Å². The zero-order chi connectivity index (χ0) is 42.3. The molecule has 11 nitrogen and oxygen atoms in total. The van der Waals surface area contributed by atoms with Gasteiger partial charge in [-0.25, -0.2) is 0 Å². The molecule has 3 saturated heterocycles. The summed E-state index contributed by atoms with van der Waals surface area (Å²) in [6.07, 6.45) is 2.48.